The van der Waals surface area contributed by atoms with Crippen molar-refractivity contribution in [3.05, 3.63) is 36.3 Å². The van der Waals surface area contributed by atoms with Crippen LogP contribution in [0.3, 0.4) is 0 Å². The Labute approximate surface area is 171 Å². The highest BCUT2D eigenvalue weighted by Crippen LogP contribution is 2.29. The van der Waals surface area contributed by atoms with Gasteiger partial charge in [0.05, 0.1) is 26.0 Å². The van der Waals surface area contributed by atoms with Crippen LogP contribution in [0.4, 0.5) is 21.7 Å². The monoisotopic (exact) mass is 400 g/mol. The summed E-state index contributed by atoms with van der Waals surface area (Å²) in [5.41, 5.74) is 2.01. The number of morpholine rings is 1. The second-order valence-electron chi connectivity index (χ2n) is 8.05. The van der Waals surface area contributed by atoms with Crippen LogP contribution in [0.1, 0.15) is 32.6 Å². The first kappa shape index (κ1) is 19.9. The smallest absolute Gasteiger partial charge is 0.255 e. The van der Waals surface area contributed by atoms with E-state index in [1.54, 1.807) is 0 Å². The second kappa shape index (κ2) is 9.39. The highest BCUT2D eigenvalue weighted by Gasteiger charge is 2.20. The van der Waals surface area contributed by atoms with Crippen LogP contribution in [0.15, 0.2) is 30.5 Å². The van der Waals surface area contributed by atoms with Gasteiger partial charge in [0.25, 0.3) is 5.88 Å². The Morgan fingerprint density at radius 1 is 1.14 bits per heavy atom. The predicted molar refractivity (Wildman–Crippen MR) is 111 cm³/mol. The molecule has 0 spiro atoms. The Kier molecular flexibility index (Phi) is 6.44. The fourth-order valence-electron chi connectivity index (χ4n) is 3.91. The summed E-state index contributed by atoms with van der Waals surface area (Å²) in [6.07, 6.45) is 5.86. The fourth-order valence-corrected chi connectivity index (χ4v) is 3.91. The van der Waals surface area contributed by atoms with Gasteiger partial charge in [-0.15, -0.1) is 0 Å². The van der Waals surface area contributed by atoms with E-state index in [1.165, 1.54) is 12.8 Å². The number of aromatic nitrogens is 2. The normalized spacial score (nSPS) is 22.3. The maximum Gasteiger partial charge on any atom is 0.255 e. The minimum Gasteiger partial charge on any atom is -0.475 e. The molecule has 2 fully saturated rings. The number of ether oxygens (including phenoxy) is 2. The van der Waals surface area contributed by atoms with Crippen LogP contribution in [0.25, 0.3) is 0 Å². The van der Waals surface area contributed by atoms with Crippen LogP contribution in [0.5, 0.6) is 5.88 Å². The van der Waals surface area contributed by atoms with E-state index in [4.69, 9.17) is 9.47 Å². The zero-order valence-corrected chi connectivity index (χ0v) is 16.9. The molecule has 29 heavy (non-hydrogen) atoms. The summed E-state index contributed by atoms with van der Waals surface area (Å²) in [6.45, 7) is 6.10. The van der Waals surface area contributed by atoms with Gasteiger partial charge in [-0.05, 0) is 48.9 Å². The van der Waals surface area contributed by atoms with Gasteiger partial charge in [0.15, 0.2) is 0 Å². The Morgan fingerprint density at radius 3 is 2.59 bits per heavy atom. The number of hydrogen-bond acceptors (Lipinski definition) is 6. The molecule has 1 N–H and O–H groups in total. The minimum absolute atomic E-state index is 0.0195. The Bertz CT molecular complexity index is 788. The van der Waals surface area contributed by atoms with Crippen LogP contribution >= 0.6 is 0 Å². The molecule has 0 atom stereocenters. The molecule has 4 rings (SSSR count). The molecule has 1 aromatic carbocycles. The second-order valence-corrected chi connectivity index (χ2v) is 8.05. The largest absolute Gasteiger partial charge is 0.475 e. The molecule has 0 bridgehead atoms. The van der Waals surface area contributed by atoms with Crippen molar-refractivity contribution in [1.82, 2.24) is 9.97 Å². The van der Waals surface area contributed by atoms with E-state index < -0.39 is 5.82 Å². The van der Waals surface area contributed by atoms with Gasteiger partial charge < -0.3 is 19.7 Å². The summed E-state index contributed by atoms with van der Waals surface area (Å²) in [7, 11) is 0. The van der Waals surface area contributed by atoms with Gasteiger partial charge in [0.2, 0.25) is 11.8 Å². The molecular weight excluding hydrogens is 371 g/mol. The Hall–Kier alpha value is -2.41. The van der Waals surface area contributed by atoms with E-state index in [9.17, 15) is 4.39 Å². The summed E-state index contributed by atoms with van der Waals surface area (Å²) >= 11 is 0. The summed E-state index contributed by atoms with van der Waals surface area (Å²) in [6, 6.07) is 8.06. The van der Waals surface area contributed by atoms with Crippen molar-refractivity contribution < 1.29 is 13.9 Å². The van der Waals surface area contributed by atoms with E-state index in [0.717, 1.165) is 62.6 Å². The number of halogens is 1. The Balaban J connectivity index is 1.35. The third-order valence-corrected chi connectivity index (χ3v) is 5.80. The van der Waals surface area contributed by atoms with Gasteiger partial charge in [0, 0.05) is 24.5 Å². The van der Waals surface area contributed by atoms with Crippen molar-refractivity contribution in [2.45, 2.75) is 32.6 Å². The summed E-state index contributed by atoms with van der Waals surface area (Å²) < 4.78 is 25.2. The van der Waals surface area contributed by atoms with Crippen molar-refractivity contribution in [3.8, 4) is 5.88 Å². The van der Waals surface area contributed by atoms with E-state index in [2.05, 4.69) is 39.2 Å². The standard InChI is InChI=1S/C22H29FN4O2/c1-16-2-4-17(5-3-16)15-29-21-20(23)14-24-22(26-21)25-18-6-8-19(9-7-18)27-10-12-28-13-11-27/h6-9,14,16-17H,2-5,10-13,15H2,1H3,(H,24,25,26). The van der Waals surface area contributed by atoms with Crippen molar-refractivity contribution >= 4 is 17.3 Å². The highest BCUT2D eigenvalue weighted by molar-refractivity contribution is 5.59. The first-order chi connectivity index (χ1) is 14.2. The average Bonchev–Trinajstić information content (AvgIpc) is 2.76. The summed E-state index contributed by atoms with van der Waals surface area (Å²) in [4.78, 5) is 10.6. The third kappa shape index (κ3) is 5.35. The molecule has 1 saturated carbocycles. The van der Waals surface area contributed by atoms with Crippen LogP contribution in [0, 0.1) is 17.7 Å². The number of benzene rings is 1. The first-order valence-corrected chi connectivity index (χ1v) is 10.5. The Morgan fingerprint density at radius 2 is 1.86 bits per heavy atom. The van der Waals surface area contributed by atoms with E-state index in [1.807, 2.05) is 12.1 Å². The fraction of sp³-hybridized carbons (Fsp3) is 0.545. The molecule has 2 heterocycles. The molecule has 0 amide bonds. The number of nitrogens with one attached hydrogen (secondary N) is 1. The average molecular weight is 400 g/mol. The van der Waals surface area contributed by atoms with Gasteiger partial charge in [-0.1, -0.05) is 19.8 Å². The van der Waals surface area contributed by atoms with Gasteiger partial charge in [-0.3, -0.25) is 0 Å². The molecule has 1 aliphatic heterocycles. The lowest BCUT2D eigenvalue weighted by Crippen LogP contribution is -2.36. The molecule has 1 aliphatic carbocycles. The zero-order chi connectivity index (χ0) is 20.1. The molecule has 1 aromatic heterocycles. The van der Waals surface area contributed by atoms with Crippen molar-refractivity contribution in [1.29, 1.82) is 0 Å². The quantitative estimate of drug-likeness (QED) is 0.776. The molecule has 6 nitrogen and oxygen atoms in total. The first-order valence-electron chi connectivity index (χ1n) is 10.5. The molecule has 0 radical (unpaired) electrons. The molecule has 1 saturated heterocycles. The maximum absolute atomic E-state index is 14.1. The SMILES string of the molecule is CC1CCC(COc2nc(Nc3ccc(N4CCOCC4)cc3)ncc2F)CC1. The molecule has 0 unspecified atom stereocenters. The van der Waals surface area contributed by atoms with Crippen molar-refractivity contribution in [2.24, 2.45) is 11.8 Å². The highest BCUT2D eigenvalue weighted by atomic mass is 19.1. The summed E-state index contributed by atoms with van der Waals surface area (Å²) in [5.74, 6) is 1.09. The van der Waals surface area contributed by atoms with Crippen LogP contribution in [-0.4, -0.2) is 42.9 Å². The minimum atomic E-state index is -0.526. The zero-order valence-electron chi connectivity index (χ0n) is 16.9. The number of anilines is 3. The number of rotatable bonds is 6. The van der Waals surface area contributed by atoms with Gasteiger partial charge in [-0.2, -0.15) is 9.37 Å². The van der Waals surface area contributed by atoms with E-state index >= 15 is 0 Å². The predicted octanol–water partition coefficient (Wildman–Crippen LogP) is 4.40. The maximum atomic E-state index is 14.1. The number of hydrogen-bond donors (Lipinski definition) is 1. The van der Waals surface area contributed by atoms with Crippen molar-refractivity contribution in [2.75, 3.05) is 43.1 Å². The van der Waals surface area contributed by atoms with E-state index in [-0.39, 0.29) is 5.88 Å². The number of nitrogens with zero attached hydrogens (tertiary/aromatic N) is 3. The lowest BCUT2D eigenvalue weighted by molar-refractivity contribution is 0.122. The van der Waals surface area contributed by atoms with E-state index in [0.29, 0.717) is 18.5 Å². The lowest BCUT2D eigenvalue weighted by atomic mass is 9.83. The van der Waals surface area contributed by atoms with Crippen LogP contribution < -0.4 is 15.0 Å². The van der Waals surface area contributed by atoms with Crippen LogP contribution in [-0.2, 0) is 4.74 Å². The molecule has 2 aromatic rings. The molecular formula is C22H29FN4O2. The van der Waals surface area contributed by atoms with Gasteiger partial charge in [0.1, 0.15) is 0 Å². The third-order valence-electron chi connectivity index (χ3n) is 5.80. The van der Waals surface area contributed by atoms with Gasteiger partial charge in [-0.25, -0.2) is 4.98 Å². The lowest BCUT2D eigenvalue weighted by Gasteiger charge is -2.28. The molecule has 156 valence electrons. The topological polar surface area (TPSA) is 59.5 Å². The molecule has 2 aliphatic rings. The van der Waals surface area contributed by atoms with Crippen LogP contribution in [0.2, 0.25) is 0 Å². The van der Waals surface area contributed by atoms with Crippen molar-refractivity contribution in [3.63, 3.8) is 0 Å². The molecule has 7 heteroatoms. The van der Waals surface area contributed by atoms with Gasteiger partial charge >= 0.3 is 0 Å². The summed E-state index contributed by atoms with van der Waals surface area (Å²) in [5, 5.41) is 3.13.